The smallest absolute Gasteiger partial charge is 0.190 e. The Labute approximate surface area is 155 Å². The minimum Gasteiger partial charge on any atom is -0.378 e. The molecule has 3 aromatic rings. The Morgan fingerprint density at radius 1 is 1.00 bits per heavy atom. The molecule has 1 aliphatic heterocycles. The quantitative estimate of drug-likeness (QED) is 0.699. The maximum atomic E-state index is 13.0. The normalized spacial score (nSPS) is 15.5. The summed E-state index contributed by atoms with van der Waals surface area (Å²) in [5.74, 6) is -0.249. The number of morpholine rings is 1. The van der Waals surface area contributed by atoms with E-state index in [2.05, 4.69) is 44.1 Å². The van der Waals surface area contributed by atoms with Crippen molar-refractivity contribution in [1.29, 1.82) is 0 Å². The molecule has 26 heavy (non-hydrogen) atoms. The van der Waals surface area contributed by atoms with Gasteiger partial charge in [-0.05, 0) is 42.0 Å². The average Bonchev–Trinajstić information content (AvgIpc) is 3.05. The Kier molecular flexibility index (Phi) is 4.86. The van der Waals surface area contributed by atoms with Gasteiger partial charge in [0.1, 0.15) is 5.82 Å². The van der Waals surface area contributed by atoms with Crippen molar-refractivity contribution in [2.75, 3.05) is 31.2 Å². The Bertz CT molecular complexity index is 938. The lowest BCUT2D eigenvalue weighted by molar-refractivity contribution is 0.122. The summed E-state index contributed by atoms with van der Waals surface area (Å²) >= 11 is 1.58. The van der Waals surface area contributed by atoms with Crippen molar-refractivity contribution >= 4 is 22.7 Å². The third-order valence-electron chi connectivity index (χ3n) is 4.51. The van der Waals surface area contributed by atoms with Crippen LogP contribution in [0.25, 0.3) is 11.3 Å². The molecular formula is C20H20FN3OS. The highest BCUT2D eigenvalue weighted by Gasteiger charge is 2.12. The van der Waals surface area contributed by atoms with Crippen LogP contribution >= 0.6 is 11.3 Å². The van der Waals surface area contributed by atoms with Gasteiger partial charge in [0.25, 0.3) is 0 Å². The highest BCUT2D eigenvalue weighted by atomic mass is 32.1. The van der Waals surface area contributed by atoms with Crippen molar-refractivity contribution in [3.05, 3.63) is 64.5 Å². The van der Waals surface area contributed by atoms with E-state index in [0.717, 1.165) is 48.0 Å². The molecule has 0 atom stereocenters. The number of thiazole rings is 1. The summed E-state index contributed by atoms with van der Waals surface area (Å²) in [6, 6.07) is 14.8. The summed E-state index contributed by atoms with van der Waals surface area (Å²) in [6.07, 6.45) is 0. The van der Waals surface area contributed by atoms with Crippen LogP contribution in [0.2, 0.25) is 0 Å². The molecular weight excluding hydrogens is 349 g/mol. The number of ether oxygens (including phenoxy) is 1. The van der Waals surface area contributed by atoms with Gasteiger partial charge in [0, 0.05) is 31.2 Å². The van der Waals surface area contributed by atoms with Crippen LogP contribution in [0.15, 0.2) is 58.9 Å². The van der Waals surface area contributed by atoms with Gasteiger partial charge in [-0.3, -0.25) is 0 Å². The molecule has 4 rings (SSSR count). The van der Waals surface area contributed by atoms with Crippen molar-refractivity contribution in [2.24, 2.45) is 12.0 Å². The first-order valence-corrected chi connectivity index (χ1v) is 9.46. The molecule has 2 heterocycles. The monoisotopic (exact) mass is 369 g/mol. The van der Waals surface area contributed by atoms with Gasteiger partial charge in [-0.25, -0.2) is 9.38 Å². The Morgan fingerprint density at radius 3 is 2.38 bits per heavy atom. The maximum Gasteiger partial charge on any atom is 0.190 e. The van der Waals surface area contributed by atoms with Gasteiger partial charge in [0.15, 0.2) is 4.80 Å². The number of benzene rings is 2. The number of halogens is 1. The average molecular weight is 369 g/mol. The van der Waals surface area contributed by atoms with Crippen LogP contribution in [-0.4, -0.2) is 30.9 Å². The lowest BCUT2D eigenvalue weighted by atomic mass is 10.1. The summed E-state index contributed by atoms with van der Waals surface area (Å²) < 4.78 is 20.5. The van der Waals surface area contributed by atoms with Crippen LogP contribution in [0.4, 0.5) is 15.8 Å². The minimum absolute atomic E-state index is 0.249. The van der Waals surface area contributed by atoms with Crippen molar-refractivity contribution < 1.29 is 9.13 Å². The highest BCUT2D eigenvalue weighted by molar-refractivity contribution is 7.07. The first-order chi connectivity index (χ1) is 12.7. The second kappa shape index (κ2) is 7.43. The van der Waals surface area contributed by atoms with Crippen molar-refractivity contribution in [3.63, 3.8) is 0 Å². The number of anilines is 1. The molecule has 0 amide bonds. The lowest BCUT2D eigenvalue weighted by Gasteiger charge is -2.28. The molecule has 0 radical (unpaired) electrons. The molecule has 1 aliphatic rings. The molecule has 0 N–H and O–H groups in total. The first-order valence-electron chi connectivity index (χ1n) is 8.59. The third kappa shape index (κ3) is 3.57. The lowest BCUT2D eigenvalue weighted by Crippen LogP contribution is -2.36. The van der Waals surface area contributed by atoms with E-state index >= 15 is 0 Å². The molecule has 0 spiro atoms. The molecule has 2 aromatic carbocycles. The van der Waals surface area contributed by atoms with Crippen LogP contribution in [0, 0.1) is 5.82 Å². The van der Waals surface area contributed by atoms with Crippen LogP contribution in [0.1, 0.15) is 0 Å². The van der Waals surface area contributed by atoms with Gasteiger partial charge in [0.05, 0.1) is 24.6 Å². The van der Waals surface area contributed by atoms with E-state index in [4.69, 9.17) is 4.74 Å². The number of hydrogen-bond acceptors (Lipinski definition) is 4. The predicted molar refractivity (Wildman–Crippen MR) is 103 cm³/mol. The second-order valence-corrected chi connectivity index (χ2v) is 7.03. The fourth-order valence-electron chi connectivity index (χ4n) is 3.02. The highest BCUT2D eigenvalue weighted by Crippen LogP contribution is 2.24. The largest absolute Gasteiger partial charge is 0.378 e. The van der Waals surface area contributed by atoms with Crippen molar-refractivity contribution in [3.8, 4) is 11.3 Å². The summed E-state index contributed by atoms with van der Waals surface area (Å²) in [5.41, 5.74) is 4.25. The second-order valence-electron chi connectivity index (χ2n) is 6.20. The summed E-state index contributed by atoms with van der Waals surface area (Å²) in [6.45, 7) is 3.45. The zero-order valence-electron chi connectivity index (χ0n) is 14.6. The topological polar surface area (TPSA) is 29.8 Å². The number of aromatic nitrogens is 1. The molecule has 0 saturated carbocycles. The molecule has 134 valence electrons. The van der Waals surface area contributed by atoms with E-state index in [0.29, 0.717) is 0 Å². The minimum atomic E-state index is -0.249. The standard InChI is InChI=1S/C20H20FN3OS/c1-23-19(14-26-20(23)22-17-6-4-16(21)5-7-17)15-2-8-18(9-3-15)24-10-12-25-13-11-24/h2-9,14H,10-13H2,1H3/b22-20+. The van der Waals surface area contributed by atoms with Gasteiger partial charge in [-0.15, -0.1) is 11.3 Å². The summed E-state index contributed by atoms with van der Waals surface area (Å²) in [7, 11) is 2.00. The first kappa shape index (κ1) is 17.0. The van der Waals surface area contributed by atoms with E-state index in [1.165, 1.54) is 17.8 Å². The predicted octanol–water partition coefficient (Wildman–Crippen LogP) is 3.96. The maximum absolute atomic E-state index is 13.0. The molecule has 6 heteroatoms. The van der Waals surface area contributed by atoms with Gasteiger partial charge in [-0.1, -0.05) is 12.1 Å². The van der Waals surface area contributed by atoms with Crippen molar-refractivity contribution in [1.82, 2.24) is 4.57 Å². The van der Waals surface area contributed by atoms with E-state index in [1.54, 1.807) is 23.5 Å². The van der Waals surface area contributed by atoms with Crippen LogP contribution < -0.4 is 9.70 Å². The number of hydrogen-bond donors (Lipinski definition) is 0. The molecule has 0 bridgehead atoms. The molecule has 1 fully saturated rings. The fourth-order valence-corrected chi connectivity index (χ4v) is 3.95. The zero-order chi connectivity index (χ0) is 17.9. The molecule has 0 aliphatic carbocycles. The third-order valence-corrected chi connectivity index (χ3v) is 5.43. The number of nitrogens with zero attached hydrogens (tertiary/aromatic N) is 3. The molecule has 4 nitrogen and oxygen atoms in total. The van der Waals surface area contributed by atoms with Crippen LogP contribution in [-0.2, 0) is 11.8 Å². The van der Waals surface area contributed by atoms with Gasteiger partial charge >= 0.3 is 0 Å². The van der Waals surface area contributed by atoms with Gasteiger partial charge in [0.2, 0.25) is 0 Å². The summed E-state index contributed by atoms with van der Waals surface area (Å²) in [5, 5.41) is 2.10. The van der Waals surface area contributed by atoms with E-state index in [9.17, 15) is 4.39 Å². The van der Waals surface area contributed by atoms with E-state index in [1.807, 2.05) is 7.05 Å². The van der Waals surface area contributed by atoms with Gasteiger partial charge < -0.3 is 14.2 Å². The summed E-state index contributed by atoms with van der Waals surface area (Å²) in [4.78, 5) is 7.83. The fraction of sp³-hybridized carbons (Fsp3) is 0.250. The zero-order valence-corrected chi connectivity index (χ0v) is 15.4. The molecule has 1 saturated heterocycles. The van der Waals surface area contributed by atoms with E-state index < -0.39 is 0 Å². The molecule has 1 aromatic heterocycles. The van der Waals surface area contributed by atoms with Gasteiger partial charge in [-0.2, -0.15) is 0 Å². The van der Waals surface area contributed by atoms with E-state index in [-0.39, 0.29) is 5.82 Å². The van der Waals surface area contributed by atoms with Crippen molar-refractivity contribution in [2.45, 2.75) is 0 Å². The Morgan fingerprint density at radius 2 is 1.69 bits per heavy atom. The molecule has 0 unspecified atom stereocenters. The Balaban J connectivity index is 1.60. The SMILES string of the molecule is Cn1c(-c2ccc(N3CCOCC3)cc2)cs/c1=N/c1ccc(F)cc1. The number of rotatable bonds is 3. The van der Waals surface area contributed by atoms with Crippen LogP contribution in [0.5, 0.6) is 0 Å². The van der Waals surface area contributed by atoms with Crippen LogP contribution in [0.3, 0.4) is 0 Å². The Hall–Kier alpha value is -2.44.